The van der Waals surface area contributed by atoms with Gasteiger partial charge in [0, 0.05) is 54.3 Å². The summed E-state index contributed by atoms with van der Waals surface area (Å²) < 4.78 is 25.0. The zero-order chi connectivity index (χ0) is 22.8. The van der Waals surface area contributed by atoms with E-state index in [4.69, 9.17) is 9.15 Å². The lowest BCUT2D eigenvalue weighted by atomic mass is 9.96. The minimum atomic E-state index is -0.280. The van der Waals surface area contributed by atoms with E-state index in [0.29, 0.717) is 5.75 Å². The number of piperazine rings is 1. The standard InChI is InChI=1S/C26H29FN2O3/c1-5-28-10-12-29(13-11-28)24(30)14-17(2)21-15-22-23(19-6-8-20(27)9-7-19)16-32-26(22)18(3)25(21)31-4/h6-9,14-16H,5,10-13H2,1-4H3/b17-14+. The molecule has 168 valence electrons. The van der Waals surface area contributed by atoms with Gasteiger partial charge in [0.15, 0.2) is 0 Å². The molecule has 0 unspecified atom stereocenters. The van der Waals surface area contributed by atoms with Crippen LogP contribution in [0.25, 0.3) is 27.7 Å². The summed E-state index contributed by atoms with van der Waals surface area (Å²) in [7, 11) is 1.63. The molecule has 0 saturated carbocycles. The van der Waals surface area contributed by atoms with Crippen molar-refractivity contribution >= 4 is 22.4 Å². The molecule has 1 aromatic heterocycles. The first-order valence-corrected chi connectivity index (χ1v) is 11.0. The van der Waals surface area contributed by atoms with Crippen LogP contribution in [0.15, 0.2) is 47.1 Å². The molecule has 2 aromatic carbocycles. The van der Waals surface area contributed by atoms with Gasteiger partial charge >= 0.3 is 0 Å². The minimum Gasteiger partial charge on any atom is -0.496 e. The van der Waals surface area contributed by atoms with E-state index >= 15 is 0 Å². The Kier molecular flexibility index (Phi) is 6.33. The Bertz CT molecular complexity index is 1160. The summed E-state index contributed by atoms with van der Waals surface area (Å²) in [6, 6.07) is 8.35. The minimum absolute atomic E-state index is 0.0176. The van der Waals surface area contributed by atoms with Crippen molar-refractivity contribution in [3.63, 3.8) is 0 Å². The van der Waals surface area contributed by atoms with Crippen LogP contribution in [0.2, 0.25) is 0 Å². The van der Waals surface area contributed by atoms with E-state index in [-0.39, 0.29) is 11.7 Å². The van der Waals surface area contributed by atoms with Crippen LogP contribution >= 0.6 is 0 Å². The van der Waals surface area contributed by atoms with Crippen LogP contribution < -0.4 is 4.74 Å². The summed E-state index contributed by atoms with van der Waals surface area (Å²) in [5.41, 5.74) is 5.02. The van der Waals surface area contributed by atoms with E-state index in [1.807, 2.05) is 24.8 Å². The number of halogens is 1. The predicted molar refractivity (Wildman–Crippen MR) is 125 cm³/mol. The van der Waals surface area contributed by atoms with Crippen LogP contribution in [0, 0.1) is 12.7 Å². The highest BCUT2D eigenvalue weighted by molar-refractivity contribution is 6.01. The number of hydrogen-bond acceptors (Lipinski definition) is 4. The van der Waals surface area contributed by atoms with Crippen LogP contribution in [-0.2, 0) is 4.79 Å². The van der Waals surface area contributed by atoms with Gasteiger partial charge in [-0.3, -0.25) is 4.79 Å². The quantitative estimate of drug-likeness (QED) is 0.521. The number of likely N-dealkylation sites (N-methyl/N-ethyl adjacent to an activating group) is 1. The van der Waals surface area contributed by atoms with Gasteiger partial charge in [-0.25, -0.2) is 4.39 Å². The first-order chi connectivity index (χ1) is 15.4. The zero-order valence-corrected chi connectivity index (χ0v) is 19.1. The zero-order valence-electron chi connectivity index (χ0n) is 19.1. The van der Waals surface area contributed by atoms with Crippen molar-refractivity contribution in [2.45, 2.75) is 20.8 Å². The maximum atomic E-state index is 13.4. The second-order valence-electron chi connectivity index (χ2n) is 8.20. The largest absolute Gasteiger partial charge is 0.496 e. The lowest BCUT2D eigenvalue weighted by Crippen LogP contribution is -2.48. The third-order valence-electron chi connectivity index (χ3n) is 6.30. The van der Waals surface area contributed by atoms with E-state index in [1.165, 1.54) is 12.1 Å². The van der Waals surface area contributed by atoms with E-state index in [0.717, 1.165) is 71.5 Å². The molecule has 5 nitrogen and oxygen atoms in total. The number of fused-ring (bicyclic) bond motifs is 1. The molecule has 0 spiro atoms. The number of furan rings is 1. The van der Waals surface area contributed by atoms with Crippen molar-refractivity contribution in [1.82, 2.24) is 9.80 Å². The number of amides is 1. The molecule has 1 amide bonds. The maximum Gasteiger partial charge on any atom is 0.246 e. The van der Waals surface area contributed by atoms with Crippen molar-refractivity contribution in [2.75, 3.05) is 39.8 Å². The number of aryl methyl sites for hydroxylation is 1. The third-order valence-corrected chi connectivity index (χ3v) is 6.30. The third kappa shape index (κ3) is 4.15. The Morgan fingerprint density at radius 1 is 1.19 bits per heavy atom. The highest BCUT2D eigenvalue weighted by Gasteiger charge is 2.21. The molecule has 32 heavy (non-hydrogen) atoms. The number of hydrogen-bond donors (Lipinski definition) is 0. The SMILES string of the molecule is CCN1CCN(C(=O)/C=C(\C)c2cc3c(-c4ccc(F)cc4)coc3c(C)c2OC)CC1. The molecule has 0 N–H and O–H groups in total. The molecular formula is C26H29FN2O3. The Morgan fingerprint density at radius 3 is 2.50 bits per heavy atom. The van der Waals surface area contributed by atoms with Crippen molar-refractivity contribution in [1.29, 1.82) is 0 Å². The summed E-state index contributed by atoms with van der Waals surface area (Å²) in [5.74, 6) is 0.427. The van der Waals surface area contributed by atoms with Crippen molar-refractivity contribution in [3.05, 3.63) is 59.6 Å². The number of benzene rings is 2. The Hall–Kier alpha value is -3.12. The number of methoxy groups -OCH3 is 1. The fourth-order valence-corrected chi connectivity index (χ4v) is 4.36. The fourth-order valence-electron chi connectivity index (χ4n) is 4.36. The number of carbonyl (C=O) groups excluding carboxylic acids is 1. The highest BCUT2D eigenvalue weighted by Crippen LogP contribution is 2.40. The molecule has 1 fully saturated rings. The molecule has 0 radical (unpaired) electrons. The average molecular weight is 437 g/mol. The molecule has 4 rings (SSSR count). The summed E-state index contributed by atoms with van der Waals surface area (Å²) in [6.07, 6.45) is 3.38. The fraction of sp³-hybridized carbons (Fsp3) is 0.346. The normalized spacial score (nSPS) is 15.4. The Balaban J connectivity index is 1.72. The van der Waals surface area contributed by atoms with Crippen LogP contribution in [0.3, 0.4) is 0 Å². The number of nitrogens with zero attached hydrogens (tertiary/aromatic N) is 2. The van der Waals surface area contributed by atoms with Gasteiger partial charge in [0.1, 0.15) is 17.1 Å². The van der Waals surface area contributed by atoms with Crippen LogP contribution in [0.4, 0.5) is 4.39 Å². The summed E-state index contributed by atoms with van der Waals surface area (Å²) in [6.45, 7) is 10.3. The second kappa shape index (κ2) is 9.17. The van der Waals surface area contributed by atoms with Crippen molar-refractivity contribution < 1.29 is 18.3 Å². The van der Waals surface area contributed by atoms with Crippen LogP contribution in [0.1, 0.15) is 25.0 Å². The van der Waals surface area contributed by atoms with E-state index in [2.05, 4.69) is 11.8 Å². The Labute approximate surface area is 188 Å². The molecule has 1 saturated heterocycles. The highest BCUT2D eigenvalue weighted by atomic mass is 19.1. The number of rotatable bonds is 5. The van der Waals surface area contributed by atoms with Crippen molar-refractivity contribution in [3.8, 4) is 16.9 Å². The molecular weight excluding hydrogens is 407 g/mol. The van der Waals surface area contributed by atoms with Crippen LogP contribution in [-0.4, -0.2) is 55.5 Å². The van der Waals surface area contributed by atoms with Gasteiger partial charge < -0.3 is 19.0 Å². The molecule has 0 bridgehead atoms. The number of ether oxygens (including phenoxy) is 1. The summed E-state index contributed by atoms with van der Waals surface area (Å²) in [5, 5.41) is 0.904. The molecule has 6 heteroatoms. The predicted octanol–water partition coefficient (Wildman–Crippen LogP) is 5.12. The average Bonchev–Trinajstić information content (AvgIpc) is 3.24. The van der Waals surface area contributed by atoms with Gasteiger partial charge in [-0.1, -0.05) is 19.1 Å². The first kappa shape index (κ1) is 22.1. The molecule has 3 aromatic rings. The van der Waals surface area contributed by atoms with Gasteiger partial charge in [-0.15, -0.1) is 0 Å². The summed E-state index contributed by atoms with van der Waals surface area (Å²) in [4.78, 5) is 17.2. The van der Waals surface area contributed by atoms with Gasteiger partial charge in [-0.05, 0) is 49.7 Å². The summed E-state index contributed by atoms with van der Waals surface area (Å²) >= 11 is 0. The Morgan fingerprint density at radius 2 is 1.88 bits per heavy atom. The smallest absolute Gasteiger partial charge is 0.246 e. The maximum absolute atomic E-state index is 13.4. The molecule has 0 atom stereocenters. The monoisotopic (exact) mass is 436 g/mol. The second-order valence-corrected chi connectivity index (χ2v) is 8.20. The van der Waals surface area contributed by atoms with Gasteiger partial charge in [0.25, 0.3) is 0 Å². The topological polar surface area (TPSA) is 45.9 Å². The molecule has 0 aliphatic carbocycles. The van der Waals surface area contributed by atoms with Gasteiger partial charge in [-0.2, -0.15) is 0 Å². The first-order valence-electron chi connectivity index (χ1n) is 11.0. The van der Waals surface area contributed by atoms with E-state index < -0.39 is 0 Å². The lowest BCUT2D eigenvalue weighted by molar-refractivity contribution is -0.127. The number of carbonyl (C=O) groups is 1. The molecule has 2 heterocycles. The lowest BCUT2D eigenvalue weighted by Gasteiger charge is -2.33. The van der Waals surface area contributed by atoms with Gasteiger partial charge in [0.2, 0.25) is 5.91 Å². The van der Waals surface area contributed by atoms with Crippen molar-refractivity contribution in [2.24, 2.45) is 0 Å². The van der Waals surface area contributed by atoms with E-state index in [9.17, 15) is 9.18 Å². The van der Waals surface area contributed by atoms with Crippen LogP contribution in [0.5, 0.6) is 5.75 Å². The number of allylic oxidation sites excluding steroid dienone is 1. The molecule has 1 aliphatic rings. The molecule has 1 aliphatic heterocycles. The van der Waals surface area contributed by atoms with Gasteiger partial charge in [0.05, 0.1) is 13.4 Å². The van der Waals surface area contributed by atoms with E-state index in [1.54, 1.807) is 31.6 Å².